The monoisotopic (exact) mass is 238 g/mol. The quantitative estimate of drug-likeness (QED) is 0.707. The van der Waals surface area contributed by atoms with E-state index in [4.69, 9.17) is 0 Å². The van der Waals surface area contributed by atoms with Crippen molar-refractivity contribution in [2.24, 2.45) is 0 Å². The van der Waals surface area contributed by atoms with Gasteiger partial charge in [-0.3, -0.25) is 0 Å². The molecule has 98 valence electrons. The van der Waals surface area contributed by atoms with E-state index in [-0.39, 0.29) is 5.41 Å². The van der Waals surface area contributed by atoms with Gasteiger partial charge in [0.2, 0.25) is 0 Å². The minimum Gasteiger partial charge on any atom is -0.317 e. The minimum absolute atomic E-state index is 0.138. The molecule has 1 heterocycles. The van der Waals surface area contributed by atoms with Crippen molar-refractivity contribution in [3.05, 3.63) is 11.9 Å². The molecule has 0 spiro atoms. The number of aryl methyl sites for hydroxylation is 1. The first-order valence-corrected chi connectivity index (χ1v) is 6.71. The first-order valence-electron chi connectivity index (χ1n) is 6.71. The van der Waals surface area contributed by atoms with Gasteiger partial charge in [-0.1, -0.05) is 32.9 Å². The average Bonchev–Trinajstić information content (AvgIpc) is 2.74. The smallest absolute Gasteiger partial charge is 0.0730 e. The number of hydrogen-bond acceptors (Lipinski definition) is 3. The van der Waals surface area contributed by atoms with Crippen molar-refractivity contribution in [1.82, 2.24) is 20.3 Å². The Morgan fingerprint density at radius 1 is 1.24 bits per heavy atom. The summed E-state index contributed by atoms with van der Waals surface area (Å²) in [5, 5.41) is 11.7. The van der Waals surface area contributed by atoms with Crippen molar-refractivity contribution < 1.29 is 0 Å². The van der Waals surface area contributed by atoms with E-state index in [2.05, 4.69) is 43.3 Å². The maximum absolute atomic E-state index is 4.16. The lowest BCUT2D eigenvalue weighted by atomic mass is 9.86. The van der Waals surface area contributed by atoms with Crippen LogP contribution >= 0.6 is 0 Å². The van der Waals surface area contributed by atoms with Crippen molar-refractivity contribution in [1.29, 1.82) is 0 Å². The Bertz CT molecular complexity index is 317. The van der Waals surface area contributed by atoms with Crippen LogP contribution in [0.4, 0.5) is 0 Å². The lowest BCUT2D eigenvalue weighted by Gasteiger charge is -2.25. The summed E-state index contributed by atoms with van der Waals surface area (Å²) in [6.07, 6.45) is 5.32. The molecule has 4 nitrogen and oxygen atoms in total. The molecule has 0 saturated carbocycles. The lowest BCUT2D eigenvalue weighted by molar-refractivity contribution is 0.409. The topological polar surface area (TPSA) is 42.7 Å². The van der Waals surface area contributed by atoms with Gasteiger partial charge < -0.3 is 5.32 Å². The SMILES string of the molecule is CCCNCCC(C)(C)c1cnnn1CCC. The van der Waals surface area contributed by atoms with Gasteiger partial charge in [0, 0.05) is 12.0 Å². The summed E-state index contributed by atoms with van der Waals surface area (Å²) in [5.41, 5.74) is 1.39. The summed E-state index contributed by atoms with van der Waals surface area (Å²) in [4.78, 5) is 0. The fraction of sp³-hybridized carbons (Fsp3) is 0.846. The highest BCUT2D eigenvalue weighted by Crippen LogP contribution is 2.25. The van der Waals surface area contributed by atoms with Gasteiger partial charge in [-0.25, -0.2) is 4.68 Å². The summed E-state index contributed by atoms with van der Waals surface area (Å²) in [6, 6.07) is 0. The molecule has 0 atom stereocenters. The third kappa shape index (κ3) is 4.11. The maximum Gasteiger partial charge on any atom is 0.0730 e. The van der Waals surface area contributed by atoms with E-state index in [0.717, 1.165) is 32.5 Å². The standard InChI is InChI=1S/C13H26N4/c1-5-8-14-9-7-13(3,4)12-11-15-16-17(12)10-6-2/h11,14H,5-10H2,1-4H3. The molecule has 0 unspecified atom stereocenters. The molecule has 1 aromatic heterocycles. The van der Waals surface area contributed by atoms with E-state index in [1.165, 1.54) is 12.1 Å². The van der Waals surface area contributed by atoms with Gasteiger partial charge in [0.1, 0.15) is 0 Å². The highest BCUT2D eigenvalue weighted by Gasteiger charge is 2.24. The zero-order valence-corrected chi connectivity index (χ0v) is 11.7. The number of aromatic nitrogens is 3. The van der Waals surface area contributed by atoms with Crippen LogP contribution in [0.1, 0.15) is 52.7 Å². The van der Waals surface area contributed by atoms with Crippen LogP contribution in [0.2, 0.25) is 0 Å². The Kier molecular flexibility index (Phi) is 5.62. The van der Waals surface area contributed by atoms with Gasteiger partial charge in [-0.15, -0.1) is 5.10 Å². The first kappa shape index (κ1) is 14.2. The molecule has 0 amide bonds. The Balaban J connectivity index is 2.58. The molecule has 0 aromatic carbocycles. The molecular formula is C13H26N4. The average molecular weight is 238 g/mol. The molecule has 0 aliphatic heterocycles. The van der Waals surface area contributed by atoms with Crippen LogP contribution in [0, 0.1) is 0 Å². The van der Waals surface area contributed by atoms with Crippen molar-refractivity contribution in [2.45, 2.75) is 58.9 Å². The van der Waals surface area contributed by atoms with E-state index in [0.29, 0.717) is 0 Å². The zero-order valence-electron chi connectivity index (χ0n) is 11.7. The Labute approximate surface area is 105 Å². The molecule has 0 radical (unpaired) electrons. The molecule has 0 bridgehead atoms. The van der Waals surface area contributed by atoms with Gasteiger partial charge in [0.15, 0.2) is 0 Å². The van der Waals surface area contributed by atoms with Crippen LogP contribution in [-0.4, -0.2) is 28.1 Å². The molecule has 1 rings (SSSR count). The van der Waals surface area contributed by atoms with Crippen molar-refractivity contribution in [3.8, 4) is 0 Å². The fourth-order valence-electron chi connectivity index (χ4n) is 1.99. The van der Waals surface area contributed by atoms with Gasteiger partial charge >= 0.3 is 0 Å². The zero-order chi connectivity index (χ0) is 12.7. The van der Waals surface area contributed by atoms with Crippen molar-refractivity contribution in [2.75, 3.05) is 13.1 Å². The van der Waals surface area contributed by atoms with Gasteiger partial charge in [0.25, 0.3) is 0 Å². The van der Waals surface area contributed by atoms with Crippen LogP contribution in [0.5, 0.6) is 0 Å². The van der Waals surface area contributed by atoms with Gasteiger partial charge in [0.05, 0.1) is 11.9 Å². The number of rotatable bonds is 8. The molecule has 0 fully saturated rings. The molecule has 1 aromatic rings. The molecular weight excluding hydrogens is 212 g/mol. The van der Waals surface area contributed by atoms with Crippen LogP contribution in [0.3, 0.4) is 0 Å². The number of hydrogen-bond donors (Lipinski definition) is 1. The van der Waals surface area contributed by atoms with E-state index >= 15 is 0 Å². The Hall–Kier alpha value is -0.900. The maximum atomic E-state index is 4.16. The fourth-order valence-corrected chi connectivity index (χ4v) is 1.99. The number of nitrogens with zero attached hydrogens (tertiary/aromatic N) is 3. The Morgan fingerprint density at radius 3 is 2.65 bits per heavy atom. The summed E-state index contributed by atoms with van der Waals surface area (Å²) < 4.78 is 2.04. The second kappa shape index (κ2) is 6.74. The van der Waals surface area contributed by atoms with E-state index < -0.39 is 0 Å². The van der Waals surface area contributed by atoms with Crippen LogP contribution in [-0.2, 0) is 12.0 Å². The van der Waals surface area contributed by atoms with E-state index in [9.17, 15) is 0 Å². The largest absolute Gasteiger partial charge is 0.317 e. The third-order valence-electron chi connectivity index (χ3n) is 3.10. The van der Waals surface area contributed by atoms with Crippen molar-refractivity contribution >= 4 is 0 Å². The molecule has 4 heteroatoms. The molecule has 0 aliphatic carbocycles. The van der Waals surface area contributed by atoms with Crippen LogP contribution in [0.25, 0.3) is 0 Å². The summed E-state index contributed by atoms with van der Waals surface area (Å²) in [5.74, 6) is 0. The number of nitrogens with one attached hydrogen (secondary N) is 1. The van der Waals surface area contributed by atoms with Gasteiger partial charge in [-0.05, 0) is 32.4 Å². The predicted octanol–water partition coefficient (Wildman–Crippen LogP) is 2.36. The molecule has 17 heavy (non-hydrogen) atoms. The van der Waals surface area contributed by atoms with E-state index in [1.54, 1.807) is 0 Å². The van der Waals surface area contributed by atoms with E-state index in [1.807, 2.05) is 10.9 Å². The summed E-state index contributed by atoms with van der Waals surface area (Å²) in [7, 11) is 0. The second-order valence-electron chi connectivity index (χ2n) is 5.23. The third-order valence-corrected chi connectivity index (χ3v) is 3.10. The lowest BCUT2D eigenvalue weighted by Crippen LogP contribution is -2.28. The predicted molar refractivity (Wildman–Crippen MR) is 71.1 cm³/mol. The summed E-state index contributed by atoms with van der Waals surface area (Å²) >= 11 is 0. The van der Waals surface area contributed by atoms with Crippen LogP contribution < -0.4 is 5.32 Å². The van der Waals surface area contributed by atoms with Crippen LogP contribution in [0.15, 0.2) is 6.20 Å². The van der Waals surface area contributed by atoms with Gasteiger partial charge in [-0.2, -0.15) is 0 Å². The first-order chi connectivity index (χ1) is 8.11. The second-order valence-corrected chi connectivity index (χ2v) is 5.23. The highest BCUT2D eigenvalue weighted by atomic mass is 15.4. The Morgan fingerprint density at radius 2 is 2.00 bits per heavy atom. The highest BCUT2D eigenvalue weighted by molar-refractivity contribution is 5.10. The normalized spacial score (nSPS) is 12.0. The molecule has 0 saturated heterocycles. The molecule has 0 aliphatic rings. The molecule has 1 N–H and O–H groups in total. The summed E-state index contributed by atoms with van der Waals surface area (Å²) in [6.45, 7) is 12.0. The minimum atomic E-state index is 0.138. The van der Waals surface area contributed by atoms with Crippen molar-refractivity contribution in [3.63, 3.8) is 0 Å².